The van der Waals surface area contributed by atoms with Gasteiger partial charge in [0.2, 0.25) is 0 Å². The Balaban J connectivity index is 1.48. The number of nitrogens with one attached hydrogen (secondary N) is 1. The highest BCUT2D eigenvalue weighted by Gasteiger charge is 2.39. The number of ether oxygens (including phenoxy) is 1. The highest BCUT2D eigenvalue weighted by Crippen LogP contribution is 2.37. The number of rotatable bonds is 3. The molecule has 3 rings (SSSR count). The van der Waals surface area contributed by atoms with Gasteiger partial charge < -0.3 is 10.1 Å². The van der Waals surface area contributed by atoms with Gasteiger partial charge in [-0.25, -0.2) is 4.79 Å². The van der Waals surface area contributed by atoms with Crippen molar-refractivity contribution in [3.63, 3.8) is 0 Å². The number of hydrogen-bond acceptors (Lipinski definition) is 3. The third kappa shape index (κ3) is 3.43. The van der Waals surface area contributed by atoms with E-state index in [1.54, 1.807) is 0 Å². The standard InChI is InChI=1S/C17H21NO3/c19-16-13-7-4-8-14(16)10-15(9-13)18-17(20)21-11-12-5-2-1-3-6-12/h1-3,5-6,13-15H,4,7-11H2,(H,18,20)/t13-,14+,15-. The summed E-state index contributed by atoms with van der Waals surface area (Å²) in [6.07, 6.45) is 4.27. The van der Waals surface area contributed by atoms with Crippen LogP contribution in [0.1, 0.15) is 37.7 Å². The zero-order valence-electron chi connectivity index (χ0n) is 12.1. The van der Waals surface area contributed by atoms with E-state index in [2.05, 4.69) is 5.32 Å². The van der Waals surface area contributed by atoms with Crippen molar-refractivity contribution in [1.29, 1.82) is 0 Å². The SMILES string of the molecule is O=C(N[C@@H]1C[C@H]2CCC[C@@H](C1)C2=O)OCc1ccccc1. The van der Waals surface area contributed by atoms with E-state index in [1.807, 2.05) is 30.3 Å². The third-order valence-corrected chi connectivity index (χ3v) is 4.58. The molecule has 0 saturated heterocycles. The van der Waals surface area contributed by atoms with E-state index in [1.165, 1.54) is 0 Å². The molecule has 2 aliphatic rings. The molecule has 3 atom stereocenters. The molecule has 2 fully saturated rings. The Morgan fingerprint density at radius 1 is 1.14 bits per heavy atom. The maximum atomic E-state index is 12.0. The van der Waals surface area contributed by atoms with Gasteiger partial charge in [-0.05, 0) is 31.2 Å². The number of amides is 1. The fraction of sp³-hybridized carbons (Fsp3) is 0.529. The number of Topliss-reactive ketones (excluding diaryl/α,β-unsaturated/α-hetero) is 1. The molecule has 1 N–H and O–H groups in total. The van der Waals surface area contributed by atoms with Gasteiger partial charge in [-0.3, -0.25) is 4.79 Å². The average molecular weight is 287 g/mol. The van der Waals surface area contributed by atoms with Crippen LogP contribution in [0.15, 0.2) is 30.3 Å². The van der Waals surface area contributed by atoms with E-state index in [9.17, 15) is 9.59 Å². The molecule has 4 nitrogen and oxygen atoms in total. The Morgan fingerprint density at radius 3 is 2.48 bits per heavy atom. The van der Waals surface area contributed by atoms with Crippen LogP contribution in [0.5, 0.6) is 0 Å². The minimum Gasteiger partial charge on any atom is -0.445 e. The van der Waals surface area contributed by atoms with Gasteiger partial charge in [0.1, 0.15) is 12.4 Å². The van der Waals surface area contributed by atoms with Crippen LogP contribution in [-0.2, 0) is 16.1 Å². The maximum Gasteiger partial charge on any atom is 0.407 e. The first kappa shape index (κ1) is 14.1. The van der Waals surface area contributed by atoms with Gasteiger partial charge in [0, 0.05) is 17.9 Å². The summed E-state index contributed by atoms with van der Waals surface area (Å²) in [5.74, 6) is 0.714. The van der Waals surface area contributed by atoms with E-state index < -0.39 is 0 Å². The summed E-state index contributed by atoms with van der Waals surface area (Å²) >= 11 is 0. The minimum atomic E-state index is -0.378. The molecule has 0 aliphatic heterocycles. The normalized spacial score (nSPS) is 28.0. The first-order valence-corrected chi connectivity index (χ1v) is 7.73. The molecule has 112 valence electrons. The summed E-state index contributed by atoms with van der Waals surface area (Å²) in [7, 11) is 0. The van der Waals surface area contributed by atoms with Crippen molar-refractivity contribution in [2.45, 2.75) is 44.8 Å². The summed E-state index contributed by atoms with van der Waals surface area (Å²) in [6, 6.07) is 9.71. The quantitative estimate of drug-likeness (QED) is 0.929. The molecule has 0 unspecified atom stereocenters. The largest absolute Gasteiger partial charge is 0.445 e. The van der Waals surface area contributed by atoms with Gasteiger partial charge >= 0.3 is 6.09 Å². The van der Waals surface area contributed by atoms with Gasteiger partial charge in [-0.1, -0.05) is 36.8 Å². The number of ketones is 1. The molecule has 1 amide bonds. The first-order chi connectivity index (χ1) is 10.2. The summed E-state index contributed by atoms with van der Waals surface area (Å²) in [5, 5.41) is 2.92. The van der Waals surface area contributed by atoms with Crippen LogP contribution in [0.3, 0.4) is 0 Å². The fourth-order valence-corrected chi connectivity index (χ4v) is 3.53. The van der Waals surface area contributed by atoms with Gasteiger partial charge in [-0.2, -0.15) is 0 Å². The number of carbonyl (C=O) groups excluding carboxylic acids is 2. The lowest BCUT2D eigenvalue weighted by Crippen LogP contribution is -2.46. The summed E-state index contributed by atoms with van der Waals surface area (Å²) in [4.78, 5) is 23.9. The summed E-state index contributed by atoms with van der Waals surface area (Å²) in [5.41, 5.74) is 0.975. The van der Waals surface area contributed by atoms with Crippen molar-refractivity contribution in [2.75, 3.05) is 0 Å². The van der Waals surface area contributed by atoms with Gasteiger partial charge in [0.15, 0.2) is 0 Å². The van der Waals surface area contributed by atoms with Crippen molar-refractivity contribution in [3.8, 4) is 0 Å². The molecule has 0 spiro atoms. The Hall–Kier alpha value is -1.84. The number of hydrogen-bond donors (Lipinski definition) is 1. The van der Waals surface area contributed by atoms with Crippen LogP contribution >= 0.6 is 0 Å². The molecule has 2 bridgehead atoms. The van der Waals surface area contributed by atoms with Gasteiger partial charge in [0.25, 0.3) is 0 Å². The summed E-state index contributed by atoms with van der Waals surface area (Å²) in [6.45, 7) is 0.283. The van der Waals surface area contributed by atoms with Crippen LogP contribution < -0.4 is 5.32 Å². The first-order valence-electron chi connectivity index (χ1n) is 7.73. The van der Waals surface area contributed by atoms with Crippen LogP contribution in [0.2, 0.25) is 0 Å². The topological polar surface area (TPSA) is 55.4 Å². The molecule has 2 saturated carbocycles. The van der Waals surface area contributed by atoms with E-state index in [4.69, 9.17) is 4.74 Å². The van der Waals surface area contributed by atoms with Crippen LogP contribution in [0.25, 0.3) is 0 Å². The van der Waals surface area contributed by atoms with E-state index in [0.29, 0.717) is 5.78 Å². The zero-order chi connectivity index (χ0) is 14.7. The van der Waals surface area contributed by atoms with Crippen molar-refractivity contribution < 1.29 is 14.3 Å². The van der Waals surface area contributed by atoms with Crippen LogP contribution in [0.4, 0.5) is 4.79 Å². The average Bonchev–Trinajstić information content (AvgIpc) is 2.47. The Morgan fingerprint density at radius 2 is 1.81 bits per heavy atom. The van der Waals surface area contributed by atoms with Crippen LogP contribution in [-0.4, -0.2) is 17.9 Å². The van der Waals surface area contributed by atoms with E-state index in [0.717, 1.165) is 37.7 Å². The third-order valence-electron chi connectivity index (χ3n) is 4.58. The smallest absolute Gasteiger partial charge is 0.407 e. The second-order valence-electron chi connectivity index (χ2n) is 6.10. The predicted octanol–water partition coefficient (Wildman–Crippen LogP) is 3.06. The lowest BCUT2D eigenvalue weighted by molar-refractivity contribution is -0.132. The van der Waals surface area contributed by atoms with E-state index in [-0.39, 0.29) is 30.6 Å². The molecule has 1 aromatic carbocycles. The number of alkyl carbamates (subject to hydrolysis) is 1. The molecular formula is C17H21NO3. The van der Waals surface area contributed by atoms with Crippen molar-refractivity contribution in [2.24, 2.45) is 11.8 Å². The molecular weight excluding hydrogens is 266 g/mol. The van der Waals surface area contributed by atoms with E-state index >= 15 is 0 Å². The fourth-order valence-electron chi connectivity index (χ4n) is 3.53. The summed E-state index contributed by atoms with van der Waals surface area (Å²) < 4.78 is 5.24. The number of fused-ring (bicyclic) bond motifs is 2. The lowest BCUT2D eigenvalue weighted by atomic mass is 9.69. The number of carbonyl (C=O) groups is 2. The highest BCUT2D eigenvalue weighted by atomic mass is 16.5. The second-order valence-corrected chi connectivity index (χ2v) is 6.10. The Labute approximate surface area is 124 Å². The minimum absolute atomic E-state index is 0.0845. The Kier molecular flexibility index (Phi) is 4.23. The van der Waals surface area contributed by atoms with Gasteiger partial charge in [0.05, 0.1) is 0 Å². The maximum absolute atomic E-state index is 12.0. The molecule has 0 radical (unpaired) electrons. The van der Waals surface area contributed by atoms with Crippen molar-refractivity contribution >= 4 is 11.9 Å². The molecule has 1 aromatic rings. The van der Waals surface area contributed by atoms with Gasteiger partial charge in [-0.15, -0.1) is 0 Å². The monoisotopic (exact) mass is 287 g/mol. The number of benzene rings is 1. The Bertz CT molecular complexity index is 498. The molecule has 0 heterocycles. The molecule has 0 aromatic heterocycles. The van der Waals surface area contributed by atoms with Crippen molar-refractivity contribution in [3.05, 3.63) is 35.9 Å². The van der Waals surface area contributed by atoms with Crippen molar-refractivity contribution in [1.82, 2.24) is 5.32 Å². The molecule has 4 heteroatoms. The van der Waals surface area contributed by atoms with Crippen LogP contribution in [0, 0.1) is 11.8 Å². The zero-order valence-corrected chi connectivity index (χ0v) is 12.1. The second kappa shape index (κ2) is 6.29. The molecule has 21 heavy (non-hydrogen) atoms. The molecule has 2 aliphatic carbocycles. The highest BCUT2D eigenvalue weighted by molar-refractivity contribution is 5.85. The lowest BCUT2D eigenvalue weighted by Gasteiger charge is -2.37. The predicted molar refractivity (Wildman–Crippen MR) is 78.6 cm³/mol.